The Kier molecular flexibility index (Phi) is 4.95. The Morgan fingerprint density at radius 2 is 2.05 bits per heavy atom. The van der Waals surface area contributed by atoms with Gasteiger partial charge in [0.15, 0.2) is 0 Å². The van der Waals surface area contributed by atoms with Crippen molar-refractivity contribution in [3.63, 3.8) is 0 Å². The zero-order valence-corrected chi connectivity index (χ0v) is 11.9. The van der Waals surface area contributed by atoms with Crippen molar-refractivity contribution in [1.29, 1.82) is 0 Å². The summed E-state index contributed by atoms with van der Waals surface area (Å²) in [6, 6.07) is 5.43. The van der Waals surface area contributed by atoms with Crippen LogP contribution >= 0.6 is 0 Å². The molecule has 1 aromatic carbocycles. The quantitative estimate of drug-likeness (QED) is 0.663. The molecule has 1 fully saturated rings. The first-order valence-corrected chi connectivity index (χ1v) is 7.32. The first-order chi connectivity index (χ1) is 9.67. The number of hydrogen-bond donors (Lipinski definition) is 1. The highest BCUT2D eigenvalue weighted by Crippen LogP contribution is 2.34. The Balaban J connectivity index is 2.34. The fourth-order valence-corrected chi connectivity index (χ4v) is 3.07. The third-order valence-corrected chi connectivity index (χ3v) is 4.08. The molecular weight excluding hydrogens is 256 g/mol. The van der Waals surface area contributed by atoms with Gasteiger partial charge in [-0.3, -0.25) is 10.1 Å². The summed E-state index contributed by atoms with van der Waals surface area (Å²) in [7, 11) is 0. The standard InChI is InChI=1S/C15H22N2O3/c1-2-16(13-6-4-3-5-7-13)14-9-8-12(11-18)10-15(14)17(19)20/h8-10,13,18H,2-7,11H2,1H3. The summed E-state index contributed by atoms with van der Waals surface area (Å²) in [6.07, 6.45) is 5.87. The van der Waals surface area contributed by atoms with E-state index >= 15 is 0 Å². The molecule has 0 atom stereocenters. The molecule has 1 saturated carbocycles. The molecule has 0 aliphatic heterocycles. The molecule has 20 heavy (non-hydrogen) atoms. The lowest BCUT2D eigenvalue weighted by atomic mass is 9.93. The largest absolute Gasteiger partial charge is 0.392 e. The summed E-state index contributed by atoms with van der Waals surface area (Å²) in [6.45, 7) is 2.64. The number of nitro groups is 1. The second-order valence-corrected chi connectivity index (χ2v) is 5.32. The van der Waals surface area contributed by atoms with Gasteiger partial charge in [-0.05, 0) is 31.4 Å². The van der Waals surface area contributed by atoms with Crippen molar-refractivity contribution in [2.75, 3.05) is 11.4 Å². The Labute approximate surface area is 119 Å². The van der Waals surface area contributed by atoms with Gasteiger partial charge in [-0.1, -0.05) is 25.3 Å². The average Bonchev–Trinajstić information content (AvgIpc) is 2.49. The van der Waals surface area contributed by atoms with Gasteiger partial charge in [0, 0.05) is 18.7 Å². The summed E-state index contributed by atoms with van der Waals surface area (Å²) in [4.78, 5) is 13.1. The van der Waals surface area contributed by atoms with Gasteiger partial charge in [0.2, 0.25) is 0 Å². The van der Waals surface area contributed by atoms with Gasteiger partial charge in [0.1, 0.15) is 5.69 Å². The van der Waals surface area contributed by atoms with Crippen LogP contribution in [0, 0.1) is 10.1 Å². The average molecular weight is 278 g/mol. The summed E-state index contributed by atoms with van der Waals surface area (Å²) in [5, 5.41) is 20.4. The summed E-state index contributed by atoms with van der Waals surface area (Å²) in [5.74, 6) is 0. The number of anilines is 1. The minimum atomic E-state index is -0.347. The third-order valence-electron chi connectivity index (χ3n) is 4.08. The molecule has 0 amide bonds. The van der Waals surface area contributed by atoms with Gasteiger partial charge < -0.3 is 10.0 Å². The molecular formula is C15H22N2O3. The van der Waals surface area contributed by atoms with E-state index in [-0.39, 0.29) is 17.2 Å². The van der Waals surface area contributed by atoms with Gasteiger partial charge >= 0.3 is 0 Å². The highest BCUT2D eigenvalue weighted by molar-refractivity contribution is 5.65. The smallest absolute Gasteiger partial charge is 0.292 e. The van der Waals surface area contributed by atoms with Crippen molar-refractivity contribution in [2.45, 2.75) is 51.7 Å². The van der Waals surface area contributed by atoms with Crippen LogP contribution in [0.2, 0.25) is 0 Å². The van der Waals surface area contributed by atoms with E-state index in [2.05, 4.69) is 4.90 Å². The summed E-state index contributed by atoms with van der Waals surface area (Å²) < 4.78 is 0. The van der Waals surface area contributed by atoms with Crippen molar-refractivity contribution in [1.82, 2.24) is 0 Å². The lowest BCUT2D eigenvalue weighted by molar-refractivity contribution is -0.384. The second-order valence-electron chi connectivity index (χ2n) is 5.32. The molecule has 1 N–H and O–H groups in total. The van der Waals surface area contributed by atoms with Gasteiger partial charge in [0.25, 0.3) is 5.69 Å². The van der Waals surface area contributed by atoms with E-state index in [4.69, 9.17) is 5.11 Å². The van der Waals surface area contributed by atoms with E-state index < -0.39 is 0 Å². The van der Waals surface area contributed by atoms with E-state index in [0.29, 0.717) is 17.3 Å². The summed E-state index contributed by atoms with van der Waals surface area (Å²) >= 11 is 0. The monoisotopic (exact) mass is 278 g/mol. The topological polar surface area (TPSA) is 66.6 Å². The molecule has 1 aromatic rings. The normalized spacial score (nSPS) is 16.1. The predicted octanol–water partition coefficient (Wildman–Crippen LogP) is 3.25. The predicted molar refractivity (Wildman–Crippen MR) is 78.9 cm³/mol. The van der Waals surface area contributed by atoms with Crippen LogP contribution in [0.5, 0.6) is 0 Å². The number of benzene rings is 1. The number of aliphatic hydroxyl groups is 1. The molecule has 2 rings (SSSR count). The maximum atomic E-state index is 11.3. The SMILES string of the molecule is CCN(c1ccc(CO)cc1[N+](=O)[O-])C1CCCCC1. The number of hydrogen-bond acceptors (Lipinski definition) is 4. The molecule has 0 aromatic heterocycles. The fraction of sp³-hybridized carbons (Fsp3) is 0.600. The Hall–Kier alpha value is -1.62. The van der Waals surface area contributed by atoms with Crippen LogP contribution in [-0.2, 0) is 6.61 Å². The fourth-order valence-electron chi connectivity index (χ4n) is 3.07. The zero-order valence-electron chi connectivity index (χ0n) is 11.9. The number of aliphatic hydroxyl groups excluding tert-OH is 1. The van der Waals surface area contributed by atoms with E-state index in [1.54, 1.807) is 12.1 Å². The van der Waals surface area contributed by atoms with Crippen LogP contribution in [0.15, 0.2) is 18.2 Å². The van der Waals surface area contributed by atoms with Gasteiger partial charge in [-0.15, -0.1) is 0 Å². The van der Waals surface area contributed by atoms with Gasteiger partial charge in [-0.25, -0.2) is 0 Å². The maximum absolute atomic E-state index is 11.3. The molecule has 0 heterocycles. The van der Waals surface area contributed by atoms with Crippen LogP contribution in [0.1, 0.15) is 44.6 Å². The molecule has 0 radical (unpaired) electrons. The third kappa shape index (κ3) is 3.10. The molecule has 5 nitrogen and oxygen atoms in total. The first-order valence-electron chi connectivity index (χ1n) is 7.32. The van der Waals surface area contributed by atoms with Gasteiger partial charge in [-0.2, -0.15) is 0 Å². The Bertz CT molecular complexity index is 470. The van der Waals surface area contributed by atoms with Crippen molar-refractivity contribution < 1.29 is 10.0 Å². The second kappa shape index (κ2) is 6.70. The van der Waals surface area contributed by atoms with Crippen LogP contribution < -0.4 is 4.90 Å². The number of nitro benzene ring substituents is 1. The Morgan fingerprint density at radius 1 is 1.35 bits per heavy atom. The number of rotatable bonds is 5. The summed E-state index contributed by atoms with van der Waals surface area (Å²) in [5.41, 5.74) is 1.37. The molecule has 5 heteroatoms. The Morgan fingerprint density at radius 3 is 2.60 bits per heavy atom. The minimum absolute atomic E-state index is 0.101. The lowest BCUT2D eigenvalue weighted by Gasteiger charge is -2.35. The van der Waals surface area contributed by atoms with Crippen LogP contribution in [0.4, 0.5) is 11.4 Å². The molecule has 0 unspecified atom stereocenters. The minimum Gasteiger partial charge on any atom is -0.392 e. The van der Waals surface area contributed by atoms with E-state index in [9.17, 15) is 10.1 Å². The molecule has 110 valence electrons. The van der Waals surface area contributed by atoms with Crippen LogP contribution in [0.3, 0.4) is 0 Å². The maximum Gasteiger partial charge on any atom is 0.292 e. The van der Waals surface area contributed by atoms with E-state index in [1.807, 2.05) is 6.92 Å². The van der Waals surface area contributed by atoms with Crippen molar-refractivity contribution in [3.05, 3.63) is 33.9 Å². The van der Waals surface area contributed by atoms with E-state index in [0.717, 1.165) is 19.4 Å². The molecule has 0 spiro atoms. The van der Waals surface area contributed by atoms with Crippen molar-refractivity contribution >= 4 is 11.4 Å². The molecule has 1 aliphatic rings. The lowest BCUT2D eigenvalue weighted by Crippen LogP contribution is -2.37. The molecule has 0 bridgehead atoms. The highest BCUT2D eigenvalue weighted by Gasteiger charge is 2.26. The molecule has 1 aliphatic carbocycles. The van der Waals surface area contributed by atoms with Crippen molar-refractivity contribution in [3.8, 4) is 0 Å². The van der Waals surface area contributed by atoms with Crippen molar-refractivity contribution in [2.24, 2.45) is 0 Å². The van der Waals surface area contributed by atoms with Crippen LogP contribution in [-0.4, -0.2) is 22.6 Å². The number of nitrogens with zero attached hydrogens (tertiary/aromatic N) is 2. The van der Waals surface area contributed by atoms with Crippen LogP contribution in [0.25, 0.3) is 0 Å². The highest BCUT2D eigenvalue weighted by atomic mass is 16.6. The molecule has 0 saturated heterocycles. The van der Waals surface area contributed by atoms with E-state index in [1.165, 1.54) is 25.3 Å². The first kappa shape index (κ1) is 14.8. The zero-order chi connectivity index (χ0) is 14.5. The van der Waals surface area contributed by atoms with Gasteiger partial charge in [0.05, 0.1) is 11.5 Å².